The van der Waals surface area contributed by atoms with Gasteiger partial charge in [0.25, 0.3) is 0 Å². The SMILES string of the molecule is CCC=C[C@H]1CCC[C@H](O)[C@@H](C)C(=O)C2=CC3C4C[C@H](O[C@@H]5O[C@@H](C)[C@H](OC)[C@@H](OC)[C@H]5OC)CC4C4OC4C3C2CC(=O)O1. The summed E-state index contributed by atoms with van der Waals surface area (Å²) in [7, 11) is 4.93. The molecule has 3 aliphatic carbocycles. The van der Waals surface area contributed by atoms with E-state index >= 15 is 0 Å². The first kappa shape index (κ1) is 33.2. The molecule has 2 saturated carbocycles. The Kier molecular flexibility index (Phi) is 10.2. The van der Waals surface area contributed by atoms with Crippen LogP contribution in [0.15, 0.2) is 23.8 Å². The van der Waals surface area contributed by atoms with E-state index in [9.17, 15) is 14.7 Å². The molecule has 0 spiro atoms. The van der Waals surface area contributed by atoms with Gasteiger partial charge < -0.3 is 38.3 Å². The van der Waals surface area contributed by atoms with E-state index in [0.29, 0.717) is 30.8 Å². The summed E-state index contributed by atoms with van der Waals surface area (Å²) in [6.45, 7) is 5.83. The van der Waals surface area contributed by atoms with Gasteiger partial charge >= 0.3 is 5.97 Å². The van der Waals surface area contributed by atoms with Crippen molar-refractivity contribution in [2.75, 3.05) is 21.3 Å². The Bertz CT molecular complexity index is 1140. The highest BCUT2D eigenvalue weighted by Crippen LogP contribution is 2.63. The molecule has 0 aromatic carbocycles. The number of carbonyl (C=O) groups excluding carboxylic acids is 2. The molecule has 3 aliphatic heterocycles. The number of carbonyl (C=O) groups is 2. The van der Waals surface area contributed by atoms with Crippen molar-refractivity contribution >= 4 is 11.8 Å². The first-order valence-corrected chi connectivity index (χ1v) is 17.0. The average molecular weight is 633 g/mol. The van der Waals surface area contributed by atoms with E-state index in [0.717, 1.165) is 19.3 Å². The molecule has 0 amide bonds. The van der Waals surface area contributed by atoms with Crippen molar-refractivity contribution in [1.29, 1.82) is 0 Å². The van der Waals surface area contributed by atoms with Crippen molar-refractivity contribution in [1.82, 2.24) is 0 Å². The number of esters is 1. The molecule has 3 saturated heterocycles. The number of hydrogen-bond acceptors (Lipinski definition) is 10. The highest BCUT2D eigenvalue weighted by atomic mass is 16.7. The van der Waals surface area contributed by atoms with Gasteiger partial charge in [0.05, 0.1) is 36.9 Å². The van der Waals surface area contributed by atoms with Crippen molar-refractivity contribution in [3.63, 3.8) is 0 Å². The zero-order valence-corrected chi connectivity index (χ0v) is 27.5. The van der Waals surface area contributed by atoms with E-state index in [2.05, 4.69) is 6.08 Å². The Morgan fingerprint density at radius 1 is 0.956 bits per heavy atom. The van der Waals surface area contributed by atoms with Gasteiger partial charge in [-0.05, 0) is 74.9 Å². The van der Waals surface area contributed by atoms with Gasteiger partial charge in [0.15, 0.2) is 12.1 Å². The number of allylic oxidation sites excluding steroid dienone is 3. The summed E-state index contributed by atoms with van der Waals surface area (Å²) in [5.74, 6) is -0.503. The first-order chi connectivity index (χ1) is 21.7. The fraction of sp³-hybridized carbons (Fsp3) is 0.829. The lowest BCUT2D eigenvalue weighted by atomic mass is 9.66. The largest absolute Gasteiger partial charge is 0.458 e. The highest BCUT2D eigenvalue weighted by Gasteiger charge is 2.66. The van der Waals surface area contributed by atoms with Crippen LogP contribution < -0.4 is 0 Å². The highest BCUT2D eigenvalue weighted by molar-refractivity contribution is 5.99. The fourth-order valence-corrected chi connectivity index (χ4v) is 9.27. The van der Waals surface area contributed by atoms with Gasteiger partial charge in [0, 0.05) is 39.1 Å². The maximum Gasteiger partial charge on any atom is 0.307 e. The van der Waals surface area contributed by atoms with E-state index in [1.807, 2.05) is 32.9 Å². The number of fused-ring (bicyclic) bond motifs is 8. The van der Waals surface area contributed by atoms with Crippen LogP contribution in [0.1, 0.15) is 65.7 Å². The molecule has 16 atom stereocenters. The predicted octanol–water partition coefficient (Wildman–Crippen LogP) is 3.78. The Morgan fingerprint density at radius 2 is 1.69 bits per heavy atom. The molecule has 5 fully saturated rings. The summed E-state index contributed by atoms with van der Waals surface area (Å²) in [4.78, 5) is 27.3. The van der Waals surface area contributed by atoms with Crippen LogP contribution in [0.2, 0.25) is 0 Å². The second-order valence-corrected chi connectivity index (χ2v) is 14.0. The molecule has 10 nitrogen and oxygen atoms in total. The Balaban J connectivity index is 1.22. The Labute approximate surface area is 267 Å². The Hall–Kier alpha value is -1.66. The molecular formula is C35H52O10. The summed E-state index contributed by atoms with van der Waals surface area (Å²) in [5, 5.41) is 11.0. The van der Waals surface area contributed by atoms with Crippen LogP contribution >= 0.6 is 0 Å². The lowest BCUT2D eigenvalue weighted by Crippen LogP contribution is -2.59. The molecule has 6 rings (SSSR count). The minimum absolute atomic E-state index is 0.00345. The minimum Gasteiger partial charge on any atom is -0.458 e. The molecular weight excluding hydrogens is 580 g/mol. The van der Waals surface area contributed by atoms with Gasteiger partial charge in [-0.3, -0.25) is 9.59 Å². The van der Waals surface area contributed by atoms with E-state index < -0.39 is 24.4 Å². The van der Waals surface area contributed by atoms with Crippen LogP contribution in [0.3, 0.4) is 0 Å². The molecule has 0 radical (unpaired) electrons. The number of methoxy groups -OCH3 is 3. The first-order valence-electron chi connectivity index (χ1n) is 17.0. The number of ketones is 1. The van der Waals surface area contributed by atoms with Gasteiger partial charge in [-0.15, -0.1) is 0 Å². The van der Waals surface area contributed by atoms with E-state index in [4.69, 9.17) is 33.2 Å². The summed E-state index contributed by atoms with van der Waals surface area (Å²) in [5.41, 5.74) is 0.673. The molecule has 1 N–H and O–H groups in total. The number of ether oxygens (including phenoxy) is 7. The molecule has 252 valence electrons. The normalized spacial score (nSPS) is 48.4. The summed E-state index contributed by atoms with van der Waals surface area (Å²) < 4.78 is 42.5. The monoisotopic (exact) mass is 632 g/mol. The van der Waals surface area contributed by atoms with Gasteiger partial charge in [-0.2, -0.15) is 0 Å². The van der Waals surface area contributed by atoms with Crippen molar-refractivity contribution < 1.29 is 47.9 Å². The van der Waals surface area contributed by atoms with Crippen LogP contribution in [0.4, 0.5) is 0 Å². The van der Waals surface area contributed by atoms with E-state index in [1.54, 1.807) is 21.3 Å². The Morgan fingerprint density at radius 3 is 2.40 bits per heavy atom. The van der Waals surface area contributed by atoms with E-state index in [1.165, 1.54) is 0 Å². The van der Waals surface area contributed by atoms with Crippen LogP contribution in [0.5, 0.6) is 0 Å². The zero-order chi connectivity index (χ0) is 32.0. The quantitative estimate of drug-likeness (QED) is 0.252. The zero-order valence-electron chi connectivity index (χ0n) is 27.5. The van der Waals surface area contributed by atoms with Gasteiger partial charge in [0.2, 0.25) is 0 Å². The molecule has 45 heavy (non-hydrogen) atoms. The summed E-state index contributed by atoms with van der Waals surface area (Å²) in [6.07, 6.45) is 7.55. The maximum absolute atomic E-state index is 13.9. The molecule has 6 aliphatic rings. The lowest BCUT2D eigenvalue weighted by Gasteiger charge is -2.44. The van der Waals surface area contributed by atoms with Gasteiger partial charge in [0.1, 0.15) is 24.4 Å². The number of rotatable bonds is 7. The molecule has 0 bridgehead atoms. The van der Waals surface area contributed by atoms with Crippen LogP contribution in [0, 0.1) is 35.5 Å². The van der Waals surface area contributed by atoms with Crippen LogP contribution in [-0.4, -0.2) is 99.4 Å². The second kappa shape index (κ2) is 13.8. The fourth-order valence-electron chi connectivity index (χ4n) is 9.27. The number of aliphatic hydroxyl groups excluding tert-OH is 1. The third-order valence-corrected chi connectivity index (χ3v) is 11.5. The topological polar surface area (TPSA) is 122 Å². The van der Waals surface area contributed by atoms with Crippen LogP contribution in [0.25, 0.3) is 0 Å². The lowest BCUT2D eigenvalue weighted by molar-refractivity contribution is -0.314. The molecule has 3 heterocycles. The van der Waals surface area contributed by atoms with Crippen molar-refractivity contribution in [2.45, 2.75) is 127 Å². The van der Waals surface area contributed by atoms with Crippen molar-refractivity contribution in [3.8, 4) is 0 Å². The standard InChI is InChI=1S/C35H52O10/c1-7-8-10-19-11-9-12-26(36)17(2)29(38)24-15-22-21-13-20(44-35-34(41-6)33(40-5)30(39-4)18(3)42-35)14-25(21)31-32(45-31)28(22)23(24)16-27(37)43-19/h8,10,15,17-23,25-26,28,30-36H,7,9,11-14,16H2,1-6H3/t17-,18+,19+,20+,21?,22?,23?,25?,26+,28?,30+,31?,32?,33-,34-,35+/m1/s1. The minimum atomic E-state index is -0.741. The van der Waals surface area contributed by atoms with Crippen molar-refractivity contribution in [3.05, 3.63) is 23.8 Å². The summed E-state index contributed by atoms with van der Waals surface area (Å²) >= 11 is 0. The van der Waals surface area contributed by atoms with Gasteiger partial charge in [-0.25, -0.2) is 0 Å². The van der Waals surface area contributed by atoms with Crippen LogP contribution in [-0.2, 0) is 42.7 Å². The van der Waals surface area contributed by atoms with Crippen molar-refractivity contribution in [2.24, 2.45) is 35.5 Å². The predicted molar refractivity (Wildman–Crippen MR) is 163 cm³/mol. The third kappa shape index (κ3) is 6.33. The number of aliphatic hydroxyl groups is 1. The smallest absolute Gasteiger partial charge is 0.307 e. The number of epoxide rings is 1. The molecule has 0 aromatic heterocycles. The third-order valence-electron chi connectivity index (χ3n) is 11.5. The number of hydrogen-bond donors (Lipinski definition) is 1. The second-order valence-electron chi connectivity index (χ2n) is 14.0. The number of cyclic esters (lactones) is 1. The average Bonchev–Trinajstić information content (AvgIpc) is 3.56. The number of Topliss-reactive ketones (excluding diaryl/α,β-unsaturated/α-hetero) is 1. The van der Waals surface area contributed by atoms with Gasteiger partial charge in [-0.1, -0.05) is 26.0 Å². The molecule has 0 aromatic rings. The maximum atomic E-state index is 13.9. The summed E-state index contributed by atoms with van der Waals surface area (Å²) in [6, 6.07) is 0. The van der Waals surface area contributed by atoms with E-state index in [-0.39, 0.29) is 84.6 Å². The molecule has 10 heteroatoms. The molecule has 7 unspecified atom stereocenters.